The largest absolute Gasteiger partial charge is 0.494 e. The summed E-state index contributed by atoms with van der Waals surface area (Å²) >= 11 is 0. The van der Waals surface area contributed by atoms with Gasteiger partial charge in [-0.2, -0.15) is 0 Å². The number of rotatable bonds is 7. The molecule has 0 aliphatic heterocycles. The Morgan fingerprint density at radius 3 is 2.43 bits per heavy atom. The maximum absolute atomic E-state index is 12.8. The number of benzene rings is 2. The van der Waals surface area contributed by atoms with Crippen LogP contribution in [0.2, 0.25) is 0 Å². The van der Waals surface area contributed by atoms with Crippen molar-refractivity contribution < 1.29 is 14.3 Å². The molecule has 2 N–H and O–H groups in total. The average molecular weight is 380 g/mol. The first kappa shape index (κ1) is 19.9. The normalized spacial score (nSPS) is 13.7. The van der Waals surface area contributed by atoms with Crippen LogP contribution in [0.4, 0.5) is 5.69 Å². The molecule has 1 aliphatic carbocycles. The summed E-state index contributed by atoms with van der Waals surface area (Å²) < 4.78 is 5.40. The van der Waals surface area contributed by atoms with Crippen LogP contribution in [0, 0.1) is 5.92 Å². The van der Waals surface area contributed by atoms with E-state index in [-0.39, 0.29) is 17.7 Å². The Morgan fingerprint density at radius 2 is 1.75 bits per heavy atom. The van der Waals surface area contributed by atoms with E-state index in [4.69, 9.17) is 4.74 Å². The average Bonchev–Trinajstić information content (AvgIpc) is 3.14. The molecule has 0 saturated heterocycles. The Kier molecular flexibility index (Phi) is 6.34. The van der Waals surface area contributed by atoms with Crippen LogP contribution < -0.4 is 15.4 Å². The predicted molar refractivity (Wildman–Crippen MR) is 111 cm³/mol. The van der Waals surface area contributed by atoms with Crippen molar-refractivity contribution in [2.75, 3.05) is 11.9 Å². The Bertz CT molecular complexity index is 843. The lowest BCUT2D eigenvalue weighted by molar-refractivity contribution is -0.118. The van der Waals surface area contributed by atoms with E-state index < -0.39 is 6.04 Å². The number of fused-ring (bicyclic) bond motifs is 1. The highest BCUT2D eigenvalue weighted by molar-refractivity contribution is 6.01. The molecule has 0 radical (unpaired) electrons. The third kappa shape index (κ3) is 4.71. The van der Waals surface area contributed by atoms with Gasteiger partial charge in [0, 0.05) is 11.3 Å². The number of hydrogen-bond donors (Lipinski definition) is 2. The minimum atomic E-state index is -0.618. The molecule has 2 aromatic rings. The van der Waals surface area contributed by atoms with E-state index in [0.29, 0.717) is 17.9 Å². The number of nitrogens with one attached hydrogen (secondary N) is 2. The monoisotopic (exact) mass is 380 g/mol. The Morgan fingerprint density at radius 1 is 1.04 bits per heavy atom. The van der Waals surface area contributed by atoms with Gasteiger partial charge < -0.3 is 15.4 Å². The summed E-state index contributed by atoms with van der Waals surface area (Å²) in [5.74, 6) is 0.202. The van der Waals surface area contributed by atoms with Gasteiger partial charge in [-0.15, -0.1) is 0 Å². The summed E-state index contributed by atoms with van der Waals surface area (Å²) in [7, 11) is 0. The number of carbonyl (C=O) groups is 2. The van der Waals surface area contributed by atoms with Gasteiger partial charge in [0.1, 0.15) is 11.8 Å². The molecule has 148 valence electrons. The SMILES string of the molecule is CCOc1ccc(C(=O)N[C@H](C(=O)Nc2ccc3c(c2)CCC3)C(C)C)cc1. The molecule has 0 aromatic heterocycles. The van der Waals surface area contributed by atoms with E-state index >= 15 is 0 Å². The van der Waals surface area contributed by atoms with Gasteiger partial charge in [0.25, 0.3) is 5.91 Å². The fourth-order valence-corrected chi connectivity index (χ4v) is 3.50. The summed E-state index contributed by atoms with van der Waals surface area (Å²) in [5.41, 5.74) is 3.95. The molecule has 0 bridgehead atoms. The molecule has 2 amide bonds. The molecule has 0 saturated carbocycles. The Labute approximate surface area is 166 Å². The lowest BCUT2D eigenvalue weighted by Gasteiger charge is -2.22. The van der Waals surface area contributed by atoms with E-state index in [2.05, 4.69) is 16.7 Å². The van der Waals surface area contributed by atoms with E-state index in [1.165, 1.54) is 17.5 Å². The molecule has 0 heterocycles. The molecule has 3 rings (SSSR count). The zero-order chi connectivity index (χ0) is 20.1. The first-order valence-corrected chi connectivity index (χ1v) is 9.94. The maximum atomic E-state index is 12.8. The maximum Gasteiger partial charge on any atom is 0.251 e. The summed E-state index contributed by atoms with van der Waals surface area (Å²) in [4.78, 5) is 25.4. The van der Waals surface area contributed by atoms with Gasteiger partial charge in [0.05, 0.1) is 6.61 Å². The number of hydrogen-bond acceptors (Lipinski definition) is 3. The highest BCUT2D eigenvalue weighted by Crippen LogP contribution is 2.25. The lowest BCUT2D eigenvalue weighted by atomic mass is 10.0. The second-order valence-electron chi connectivity index (χ2n) is 7.48. The van der Waals surface area contributed by atoms with Crippen molar-refractivity contribution in [1.29, 1.82) is 0 Å². The molecule has 5 nitrogen and oxygen atoms in total. The predicted octanol–water partition coefficient (Wildman–Crippen LogP) is 3.97. The smallest absolute Gasteiger partial charge is 0.251 e. The molecule has 0 spiro atoms. The van der Waals surface area contributed by atoms with Crippen LogP contribution >= 0.6 is 0 Å². The molecule has 1 atom stereocenters. The van der Waals surface area contributed by atoms with Crippen LogP contribution in [0.3, 0.4) is 0 Å². The van der Waals surface area contributed by atoms with Gasteiger partial charge in [-0.25, -0.2) is 0 Å². The van der Waals surface area contributed by atoms with Gasteiger partial charge in [-0.05, 0) is 79.6 Å². The third-order valence-corrected chi connectivity index (χ3v) is 5.03. The number of amides is 2. The fraction of sp³-hybridized carbons (Fsp3) is 0.391. The lowest BCUT2D eigenvalue weighted by Crippen LogP contribution is -2.47. The van der Waals surface area contributed by atoms with Gasteiger partial charge in [-0.3, -0.25) is 9.59 Å². The van der Waals surface area contributed by atoms with Crippen molar-refractivity contribution in [3.63, 3.8) is 0 Å². The topological polar surface area (TPSA) is 67.4 Å². The van der Waals surface area contributed by atoms with Crippen molar-refractivity contribution in [2.45, 2.75) is 46.1 Å². The summed E-state index contributed by atoms with van der Waals surface area (Å²) in [6.07, 6.45) is 3.33. The molecule has 5 heteroatoms. The van der Waals surface area contributed by atoms with Crippen molar-refractivity contribution in [1.82, 2.24) is 5.32 Å². The van der Waals surface area contributed by atoms with Gasteiger partial charge in [0.15, 0.2) is 0 Å². The number of ether oxygens (including phenoxy) is 1. The van der Waals surface area contributed by atoms with E-state index in [9.17, 15) is 9.59 Å². The van der Waals surface area contributed by atoms with Gasteiger partial charge in [0.2, 0.25) is 5.91 Å². The zero-order valence-electron chi connectivity index (χ0n) is 16.7. The van der Waals surface area contributed by atoms with Crippen LogP contribution in [0.5, 0.6) is 5.75 Å². The van der Waals surface area contributed by atoms with E-state index in [1.807, 2.05) is 32.9 Å². The van der Waals surface area contributed by atoms with Crippen LogP contribution in [-0.2, 0) is 17.6 Å². The zero-order valence-corrected chi connectivity index (χ0v) is 16.7. The molecule has 2 aromatic carbocycles. The summed E-state index contributed by atoms with van der Waals surface area (Å²) in [6, 6.07) is 12.4. The van der Waals surface area contributed by atoms with Crippen LogP contribution in [-0.4, -0.2) is 24.5 Å². The van der Waals surface area contributed by atoms with Crippen molar-refractivity contribution in [2.24, 2.45) is 5.92 Å². The summed E-state index contributed by atoms with van der Waals surface area (Å²) in [5, 5.41) is 5.83. The highest BCUT2D eigenvalue weighted by Gasteiger charge is 2.25. The van der Waals surface area contributed by atoms with Crippen molar-refractivity contribution in [3.05, 3.63) is 59.2 Å². The summed E-state index contributed by atoms with van der Waals surface area (Å²) in [6.45, 7) is 6.33. The van der Waals surface area contributed by atoms with E-state index in [0.717, 1.165) is 18.5 Å². The molecular weight excluding hydrogens is 352 g/mol. The van der Waals surface area contributed by atoms with Crippen LogP contribution in [0.25, 0.3) is 0 Å². The molecular formula is C23H28N2O3. The number of aryl methyl sites for hydroxylation is 2. The fourth-order valence-electron chi connectivity index (χ4n) is 3.50. The molecule has 0 unspecified atom stereocenters. The third-order valence-electron chi connectivity index (χ3n) is 5.03. The second-order valence-corrected chi connectivity index (χ2v) is 7.48. The highest BCUT2D eigenvalue weighted by atomic mass is 16.5. The minimum absolute atomic E-state index is 0.0407. The number of anilines is 1. The van der Waals surface area contributed by atoms with Crippen LogP contribution in [0.1, 0.15) is 48.7 Å². The second kappa shape index (κ2) is 8.91. The molecule has 28 heavy (non-hydrogen) atoms. The quantitative estimate of drug-likeness (QED) is 0.764. The van der Waals surface area contributed by atoms with Gasteiger partial charge in [-0.1, -0.05) is 19.9 Å². The molecule has 0 fully saturated rings. The first-order chi connectivity index (χ1) is 13.5. The standard InChI is InChI=1S/C23H28N2O3/c1-4-28-20-12-9-17(10-13-20)22(26)25-21(15(2)3)23(27)24-19-11-8-16-6-5-7-18(16)14-19/h8-15,21H,4-7H2,1-3H3,(H,24,27)(H,25,26)/t21-/m0/s1. The van der Waals surface area contributed by atoms with Crippen LogP contribution in [0.15, 0.2) is 42.5 Å². The first-order valence-electron chi connectivity index (χ1n) is 9.94. The van der Waals surface area contributed by atoms with Crippen molar-refractivity contribution in [3.8, 4) is 5.75 Å². The Hall–Kier alpha value is -2.82. The van der Waals surface area contributed by atoms with Gasteiger partial charge >= 0.3 is 0 Å². The minimum Gasteiger partial charge on any atom is -0.494 e. The number of carbonyl (C=O) groups excluding carboxylic acids is 2. The Balaban J connectivity index is 1.66. The van der Waals surface area contributed by atoms with Crippen molar-refractivity contribution >= 4 is 17.5 Å². The van der Waals surface area contributed by atoms with E-state index in [1.54, 1.807) is 24.3 Å². The molecule has 1 aliphatic rings.